The molecule has 2 aromatic carbocycles. The molecule has 0 atom stereocenters. The van der Waals surface area contributed by atoms with Gasteiger partial charge in [0, 0.05) is 17.7 Å². The zero-order valence-corrected chi connectivity index (χ0v) is 20.0. The summed E-state index contributed by atoms with van der Waals surface area (Å²) in [6.45, 7) is 5.70. The molecule has 4 rings (SSSR count). The van der Waals surface area contributed by atoms with Gasteiger partial charge in [-0.25, -0.2) is 18.6 Å². The summed E-state index contributed by atoms with van der Waals surface area (Å²) >= 11 is 0. The van der Waals surface area contributed by atoms with Crippen LogP contribution in [0.5, 0.6) is 17.2 Å². The molecule has 10 heteroatoms. The van der Waals surface area contributed by atoms with Crippen molar-refractivity contribution in [1.82, 2.24) is 15.1 Å². The lowest BCUT2D eigenvalue weighted by Gasteiger charge is -2.15. The fourth-order valence-corrected chi connectivity index (χ4v) is 3.77. The molecule has 0 saturated heterocycles. The van der Waals surface area contributed by atoms with Crippen LogP contribution in [0.4, 0.5) is 8.78 Å². The van der Waals surface area contributed by atoms with Gasteiger partial charge in [-0.2, -0.15) is 0 Å². The van der Waals surface area contributed by atoms with E-state index in [0.29, 0.717) is 29.2 Å². The third kappa shape index (κ3) is 5.37. The zero-order chi connectivity index (χ0) is 25.8. The van der Waals surface area contributed by atoms with Crippen LogP contribution in [0.3, 0.4) is 0 Å². The zero-order valence-electron chi connectivity index (χ0n) is 20.0. The van der Waals surface area contributed by atoms with Gasteiger partial charge in [-0.05, 0) is 73.4 Å². The molecular weight excluding hydrogens is 472 g/mol. The van der Waals surface area contributed by atoms with Crippen LogP contribution in [0.2, 0.25) is 0 Å². The molecule has 0 unspecified atom stereocenters. The monoisotopic (exact) mass is 497 g/mol. The summed E-state index contributed by atoms with van der Waals surface area (Å²) in [5.74, 6) is -1.41. The Bertz CT molecular complexity index is 1450. The number of pyridine rings is 1. The lowest BCUT2D eigenvalue weighted by Crippen LogP contribution is -2.06. The highest BCUT2D eigenvalue weighted by Gasteiger charge is 2.18. The Morgan fingerprint density at radius 1 is 1.11 bits per heavy atom. The standard InChI is InChI=1S/C26H25F2N3O5/c1-4-9-34-17-6-7-20(27)19(12-17)25-21(32)8-5-16(29-25)11-18-14(2)10-22(24(28)15(18)3)35-13-23-30-26(33)36-31-23/h5-8,10,12,32H,4,9,11,13H2,1-3H3,(H,30,31,33). The smallest absolute Gasteiger partial charge is 0.439 e. The highest BCUT2D eigenvalue weighted by molar-refractivity contribution is 5.68. The number of aryl methyl sites for hydroxylation is 1. The van der Waals surface area contributed by atoms with Crippen LogP contribution in [0.1, 0.15) is 41.6 Å². The second kappa shape index (κ2) is 10.6. The summed E-state index contributed by atoms with van der Waals surface area (Å²) in [5, 5.41) is 13.9. The molecule has 2 aromatic heterocycles. The maximum Gasteiger partial charge on any atom is 0.439 e. The molecule has 0 radical (unpaired) electrons. The molecule has 0 aliphatic carbocycles. The number of H-pyrrole nitrogens is 1. The maximum atomic E-state index is 15.1. The van der Waals surface area contributed by atoms with E-state index in [0.717, 1.165) is 12.0 Å². The number of nitrogens with zero attached hydrogens (tertiary/aromatic N) is 2. The number of hydrogen-bond acceptors (Lipinski definition) is 7. The Morgan fingerprint density at radius 2 is 1.92 bits per heavy atom. The number of aromatic hydroxyl groups is 1. The molecule has 2 heterocycles. The van der Waals surface area contributed by atoms with Crippen molar-refractivity contribution < 1.29 is 27.9 Å². The first kappa shape index (κ1) is 24.9. The highest BCUT2D eigenvalue weighted by atomic mass is 19.1. The molecule has 36 heavy (non-hydrogen) atoms. The first-order valence-corrected chi connectivity index (χ1v) is 11.3. The molecule has 0 bridgehead atoms. The Kier molecular flexibility index (Phi) is 7.33. The molecule has 0 aliphatic heterocycles. The number of ether oxygens (including phenoxy) is 2. The minimum Gasteiger partial charge on any atom is -0.506 e. The van der Waals surface area contributed by atoms with Crippen molar-refractivity contribution in [3.05, 3.63) is 86.8 Å². The van der Waals surface area contributed by atoms with Crippen molar-refractivity contribution in [3.8, 4) is 28.5 Å². The fourth-order valence-electron chi connectivity index (χ4n) is 3.77. The minimum absolute atomic E-state index is 0.00270. The third-order valence-corrected chi connectivity index (χ3v) is 5.63. The normalized spacial score (nSPS) is 11.0. The van der Waals surface area contributed by atoms with Gasteiger partial charge >= 0.3 is 5.76 Å². The molecule has 0 saturated carbocycles. The van der Waals surface area contributed by atoms with Gasteiger partial charge in [0.1, 0.15) is 29.6 Å². The average Bonchev–Trinajstić information content (AvgIpc) is 3.28. The first-order valence-electron chi connectivity index (χ1n) is 11.3. The van der Waals surface area contributed by atoms with Gasteiger partial charge in [0.25, 0.3) is 0 Å². The third-order valence-electron chi connectivity index (χ3n) is 5.63. The van der Waals surface area contributed by atoms with E-state index in [-0.39, 0.29) is 41.6 Å². The van der Waals surface area contributed by atoms with E-state index in [4.69, 9.17) is 9.47 Å². The van der Waals surface area contributed by atoms with Crippen molar-refractivity contribution in [3.63, 3.8) is 0 Å². The Labute approximate surface area is 205 Å². The summed E-state index contributed by atoms with van der Waals surface area (Å²) in [7, 11) is 0. The Balaban J connectivity index is 1.61. The molecule has 0 spiro atoms. The number of benzene rings is 2. The van der Waals surface area contributed by atoms with Crippen LogP contribution in [0.25, 0.3) is 11.3 Å². The van der Waals surface area contributed by atoms with Crippen molar-refractivity contribution in [2.24, 2.45) is 0 Å². The summed E-state index contributed by atoms with van der Waals surface area (Å²) in [5.41, 5.74) is 2.48. The second-order valence-corrected chi connectivity index (χ2v) is 8.28. The van der Waals surface area contributed by atoms with Crippen LogP contribution in [0.15, 0.2) is 45.7 Å². The van der Waals surface area contributed by atoms with Gasteiger partial charge in [0.15, 0.2) is 17.4 Å². The number of aromatic nitrogens is 3. The van der Waals surface area contributed by atoms with Crippen LogP contribution in [-0.2, 0) is 13.0 Å². The first-order chi connectivity index (χ1) is 17.3. The molecule has 0 amide bonds. The van der Waals surface area contributed by atoms with Crippen LogP contribution in [-0.4, -0.2) is 26.8 Å². The number of nitrogens with one attached hydrogen (secondary N) is 1. The number of halogens is 2. The Hall–Kier alpha value is -4.21. The van der Waals surface area contributed by atoms with Gasteiger partial charge < -0.3 is 14.6 Å². The van der Waals surface area contributed by atoms with E-state index in [1.54, 1.807) is 19.1 Å². The molecule has 0 fully saturated rings. The Morgan fingerprint density at radius 3 is 2.64 bits per heavy atom. The van der Waals surface area contributed by atoms with E-state index in [1.807, 2.05) is 13.8 Å². The van der Waals surface area contributed by atoms with Crippen LogP contribution in [0, 0.1) is 25.5 Å². The molecule has 8 nitrogen and oxygen atoms in total. The van der Waals surface area contributed by atoms with Crippen molar-refractivity contribution in [2.75, 3.05) is 6.61 Å². The SMILES string of the molecule is CCCOc1ccc(F)c(-c2nc(Cc3c(C)cc(OCc4noc(=O)[nH]4)c(F)c3C)ccc2O)c1. The van der Waals surface area contributed by atoms with Crippen molar-refractivity contribution in [1.29, 1.82) is 0 Å². The molecule has 4 aromatic rings. The maximum absolute atomic E-state index is 15.1. The van der Waals surface area contributed by atoms with Gasteiger partial charge in [0.05, 0.1) is 6.61 Å². The second-order valence-electron chi connectivity index (χ2n) is 8.28. The quantitative estimate of drug-likeness (QED) is 0.335. The van der Waals surface area contributed by atoms with E-state index in [9.17, 15) is 14.3 Å². The van der Waals surface area contributed by atoms with E-state index < -0.39 is 17.4 Å². The van der Waals surface area contributed by atoms with E-state index in [2.05, 4.69) is 19.6 Å². The predicted molar refractivity (Wildman–Crippen MR) is 127 cm³/mol. The van der Waals surface area contributed by atoms with Gasteiger partial charge in [-0.15, -0.1) is 0 Å². The van der Waals surface area contributed by atoms with E-state index >= 15 is 4.39 Å². The summed E-state index contributed by atoms with van der Waals surface area (Å²) in [6.07, 6.45) is 1.04. The van der Waals surface area contributed by atoms with E-state index in [1.165, 1.54) is 24.3 Å². The van der Waals surface area contributed by atoms with Gasteiger partial charge in [0.2, 0.25) is 0 Å². The number of aromatic amines is 1. The number of hydrogen-bond donors (Lipinski definition) is 2. The van der Waals surface area contributed by atoms with Gasteiger partial charge in [-0.3, -0.25) is 9.51 Å². The molecule has 0 aliphatic rings. The summed E-state index contributed by atoms with van der Waals surface area (Å²) in [4.78, 5) is 17.9. The summed E-state index contributed by atoms with van der Waals surface area (Å²) in [6, 6.07) is 8.89. The lowest BCUT2D eigenvalue weighted by molar-refractivity contribution is 0.271. The molecule has 2 N–H and O–H groups in total. The van der Waals surface area contributed by atoms with Crippen molar-refractivity contribution >= 4 is 0 Å². The minimum atomic E-state index is -0.724. The van der Waals surface area contributed by atoms with Crippen LogP contribution < -0.4 is 15.2 Å². The number of rotatable bonds is 9. The predicted octanol–water partition coefficient (Wildman–Crippen LogP) is 4.98. The molecular formula is C26H25F2N3O5. The fraction of sp³-hybridized carbons (Fsp3) is 0.269. The topological polar surface area (TPSA) is 110 Å². The largest absolute Gasteiger partial charge is 0.506 e. The lowest BCUT2D eigenvalue weighted by atomic mass is 9.97. The average molecular weight is 497 g/mol. The van der Waals surface area contributed by atoms with Crippen molar-refractivity contribution in [2.45, 2.75) is 40.2 Å². The highest BCUT2D eigenvalue weighted by Crippen LogP contribution is 2.34. The van der Waals surface area contributed by atoms with Gasteiger partial charge in [-0.1, -0.05) is 12.1 Å². The van der Waals surface area contributed by atoms with Crippen LogP contribution >= 0.6 is 0 Å². The molecule has 188 valence electrons. The summed E-state index contributed by atoms with van der Waals surface area (Å²) < 4.78 is 45.2.